The second-order valence-corrected chi connectivity index (χ2v) is 1.06. The fourth-order valence-electron chi connectivity index (χ4n) is 0. The summed E-state index contributed by atoms with van der Waals surface area (Å²) in [5.74, 6) is 0.255. The van der Waals surface area contributed by atoms with Gasteiger partial charge in [-0.05, 0) is 6.92 Å². The van der Waals surface area contributed by atoms with Crippen molar-refractivity contribution in [2.45, 2.75) is 20.3 Å². The van der Waals surface area contributed by atoms with Crippen LogP contribution in [0.5, 0.6) is 0 Å². The van der Waals surface area contributed by atoms with Crippen LogP contribution in [0.1, 0.15) is 20.3 Å². The van der Waals surface area contributed by atoms with Gasteiger partial charge in [0.25, 0.3) is 0 Å². The van der Waals surface area contributed by atoms with Gasteiger partial charge in [0.2, 0.25) is 0 Å². The molecule has 0 aromatic rings. The Kier molecular flexibility index (Phi) is 7.58. The van der Waals surface area contributed by atoms with E-state index in [0.29, 0.717) is 6.42 Å². The van der Waals surface area contributed by atoms with E-state index in [2.05, 4.69) is 0 Å². The summed E-state index contributed by atoms with van der Waals surface area (Å²) in [5.41, 5.74) is 0. The molecule has 34 valence electrons. The molecule has 0 aliphatic heterocycles. The van der Waals surface area contributed by atoms with Crippen LogP contribution in [0, 0.1) is 0 Å². The van der Waals surface area contributed by atoms with E-state index < -0.39 is 0 Å². The Bertz CT molecular complexity index is 42.8. The fraction of sp³-hybridized carbons (Fsp3) is 0.750. The van der Waals surface area contributed by atoms with Crippen LogP contribution < -0.4 is 0 Å². The van der Waals surface area contributed by atoms with E-state index in [0.717, 1.165) is 0 Å². The molecule has 0 amide bonds. The predicted molar refractivity (Wildman–Crippen MR) is 26.7 cm³/mol. The fourth-order valence-corrected chi connectivity index (χ4v) is 0. The van der Waals surface area contributed by atoms with Crippen LogP contribution in [-0.4, -0.2) is 16.7 Å². The number of carbonyl (C=O) groups excluding carboxylic acids is 1. The van der Waals surface area contributed by atoms with Crippen molar-refractivity contribution in [3.63, 3.8) is 0 Å². The maximum absolute atomic E-state index is 9.81. The quantitative estimate of drug-likeness (QED) is 0.441. The van der Waals surface area contributed by atoms with E-state index in [1.165, 1.54) is 0 Å². The summed E-state index contributed by atoms with van der Waals surface area (Å²) in [4.78, 5) is 9.81. The lowest BCUT2D eigenvalue weighted by molar-refractivity contribution is -0.116. The Morgan fingerprint density at radius 2 is 1.83 bits per heavy atom. The van der Waals surface area contributed by atoms with Gasteiger partial charge in [0.1, 0.15) is 5.78 Å². The standard InChI is InChI=1S/C4H8O.Si/c1-3-4(2)5;/h3H2,1-2H3;. The van der Waals surface area contributed by atoms with Crippen molar-refractivity contribution in [1.82, 2.24) is 0 Å². The lowest BCUT2D eigenvalue weighted by Gasteiger charge is -1.71. The number of hydrogen-bond acceptors (Lipinski definition) is 1. The number of ketones is 1. The highest BCUT2D eigenvalue weighted by molar-refractivity contribution is 5.75. The zero-order chi connectivity index (χ0) is 4.28. The zero-order valence-corrected chi connectivity index (χ0v) is 5.12. The van der Waals surface area contributed by atoms with Crippen LogP contribution in [0.15, 0.2) is 0 Å². The van der Waals surface area contributed by atoms with E-state index in [4.69, 9.17) is 0 Å². The molecule has 0 atom stereocenters. The molecule has 0 fully saturated rings. The van der Waals surface area contributed by atoms with Crippen LogP contribution in [0.4, 0.5) is 0 Å². The molecule has 6 heavy (non-hydrogen) atoms. The molecule has 0 rings (SSSR count). The maximum atomic E-state index is 9.81. The summed E-state index contributed by atoms with van der Waals surface area (Å²) in [7, 11) is 0. The highest BCUT2D eigenvalue weighted by Crippen LogP contribution is 1.71. The Labute approximate surface area is 42.8 Å². The van der Waals surface area contributed by atoms with Crippen molar-refractivity contribution < 1.29 is 4.79 Å². The van der Waals surface area contributed by atoms with Crippen molar-refractivity contribution in [3.8, 4) is 0 Å². The normalized spacial score (nSPS) is 6.33. The average Bonchev–Trinajstić information content (AvgIpc) is 1.38. The van der Waals surface area contributed by atoms with Crippen molar-refractivity contribution in [1.29, 1.82) is 0 Å². The third-order valence-electron chi connectivity index (χ3n) is 0.498. The molecule has 0 saturated heterocycles. The van der Waals surface area contributed by atoms with Crippen LogP contribution in [0.3, 0.4) is 0 Å². The van der Waals surface area contributed by atoms with Crippen LogP contribution in [0.2, 0.25) is 0 Å². The second kappa shape index (κ2) is 4.89. The Morgan fingerprint density at radius 1 is 1.67 bits per heavy atom. The molecule has 0 aromatic heterocycles. The first-order valence-electron chi connectivity index (χ1n) is 1.76. The van der Waals surface area contributed by atoms with Crippen molar-refractivity contribution in [3.05, 3.63) is 0 Å². The molecule has 0 bridgehead atoms. The first-order chi connectivity index (χ1) is 2.27. The summed E-state index contributed by atoms with van der Waals surface area (Å²) in [6, 6.07) is 0. The molecule has 0 heterocycles. The minimum atomic E-state index is 0. The van der Waals surface area contributed by atoms with Crippen molar-refractivity contribution in [2.24, 2.45) is 0 Å². The largest absolute Gasteiger partial charge is 0.300 e. The van der Waals surface area contributed by atoms with Gasteiger partial charge in [-0.2, -0.15) is 0 Å². The van der Waals surface area contributed by atoms with Gasteiger partial charge < -0.3 is 4.79 Å². The second-order valence-electron chi connectivity index (χ2n) is 1.06. The molecule has 0 aliphatic carbocycles. The van der Waals surface area contributed by atoms with Gasteiger partial charge in [-0.25, -0.2) is 0 Å². The number of hydrogen-bond donors (Lipinski definition) is 0. The van der Waals surface area contributed by atoms with E-state index >= 15 is 0 Å². The first kappa shape index (κ1) is 9.31. The SMILES string of the molecule is CCC(C)=O.[Si]. The summed E-state index contributed by atoms with van der Waals surface area (Å²) in [5, 5.41) is 0. The average molecular weight is 100 g/mol. The monoisotopic (exact) mass is 100 g/mol. The Hall–Kier alpha value is -0.113. The van der Waals surface area contributed by atoms with Gasteiger partial charge in [-0.1, -0.05) is 6.92 Å². The molecule has 0 spiro atoms. The molecule has 0 unspecified atom stereocenters. The van der Waals surface area contributed by atoms with Gasteiger partial charge in [0.15, 0.2) is 0 Å². The van der Waals surface area contributed by atoms with E-state index in [-0.39, 0.29) is 16.7 Å². The summed E-state index contributed by atoms with van der Waals surface area (Å²) in [6.07, 6.45) is 0.667. The third-order valence-corrected chi connectivity index (χ3v) is 0.498. The smallest absolute Gasteiger partial charge is 0.129 e. The molecule has 0 aliphatic rings. The minimum Gasteiger partial charge on any atom is -0.300 e. The van der Waals surface area contributed by atoms with Gasteiger partial charge in [-0.3, -0.25) is 0 Å². The highest BCUT2D eigenvalue weighted by atomic mass is 28.1. The molecule has 2 heteroatoms. The van der Waals surface area contributed by atoms with E-state index in [1.54, 1.807) is 6.92 Å². The minimum absolute atomic E-state index is 0. The van der Waals surface area contributed by atoms with Crippen LogP contribution in [-0.2, 0) is 4.79 Å². The molecule has 1 nitrogen and oxygen atoms in total. The Balaban J connectivity index is 0. The lowest BCUT2D eigenvalue weighted by atomic mass is 10.4. The molecule has 4 radical (unpaired) electrons. The van der Waals surface area contributed by atoms with E-state index in [9.17, 15) is 4.79 Å². The predicted octanol–water partition coefficient (Wildman–Crippen LogP) is 0.605. The first-order valence-corrected chi connectivity index (χ1v) is 1.76. The maximum Gasteiger partial charge on any atom is 0.129 e. The van der Waals surface area contributed by atoms with Gasteiger partial charge in [0.05, 0.1) is 0 Å². The van der Waals surface area contributed by atoms with Crippen LogP contribution in [0.25, 0.3) is 0 Å². The van der Waals surface area contributed by atoms with Crippen molar-refractivity contribution in [2.75, 3.05) is 0 Å². The van der Waals surface area contributed by atoms with Gasteiger partial charge in [-0.15, -0.1) is 0 Å². The van der Waals surface area contributed by atoms with Crippen LogP contribution >= 0.6 is 0 Å². The summed E-state index contributed by atoms with van der Waals surface area (Å²) < 4.78 is 0. The molecule has 0 saturated carbocycles. The molecule has 0 N–H and O–H groups in total. The van der Waals surface area contributed by atoms with E-state index in [1.807, 2.05) is 6.92 Å². The van der Waals surface area contributed by atoms with Crippen molar-refractivity contribution >= 4 is 16.7 Å². The number of carbonyl (C=O) groups is 1. The Morgan fingerprint density at radius 3 is 1.83 bits per heavy atom. The third kappa shape index (κ3) is 9.10. The topological polar surface area (TPSA) is 17.1 Å². The summed E-state index contributed by atoms with van der Waals surface area (Å²) >= 11 is 0. The molecular formula is C4H8OSi. The number of rotatable bonds is 1. The van der Waals surface area contributed by atoms with Gasteiger partial charge in [0, 0.05) is 17.4 Å². The lowest BCUT2D eigenvalue weighted by Crippen LogP contribution is -1.80. The number of Topliss-reactive ketones (excluding diaryl/α,β-unsaturated/α-hetero) is 1. The summed E-state index contributed by atoms with van der Waals surface area (Å²) in [6.45, 7) is 3.43. The molecular weight excluding hydrogens is 92.1 g/mol. The highest BCUT2D eigenvalue weighted by Gasteiger charge is 1.76. The van der Waals surface area contributed by atoms with Gasteiger partial charge >= 0.3 is 0 Å². The molecule has 0 aromatic carbocycles. The zero-order valence-electron chi connectivity index (χ0n) is 4.12.